The molecule has 0 spiro atoms. The fourth-order valence-electron chi connectivity index (χ4n) is 3.20. The van der Waals surface area contributed by atoms with Gasteiger partial charge in [0.25, 0.3) is 0 Å². The van der Waals surface area contributed by atoms with E-state index in [1.807, 2.05) is 0 Å². The van der Waals surface area contributed by atoms with Crippen LogP contribution >= 0.6 is 0 Å². The molecular weight excluding hydrogens is 136 g/mol. The fourth-order valence-corrected chi connectivity index (χ4v) is 3.20. The molecule has 1 saturated heterocycles. The highest BCUT2D eigenvalue weighted by Gasteiger charge is 2.50. The molecule has 0 aromatic carbocycles. The van der Waals surface area contributed by atoms with Crippen LogP contribution in [0.2, 0.25) is 0 Å². The molecular formula is C10H16O. The maximum absolute atomic E-state index is 5.67. The Morgan fingerprint density at radius 3 is 2.64 bits per heavy atom. The van der Waals surface area contributed by atoms with Crippen LogP contribution in [0.3, 0.4) is 0 Å². The SMILES string of the molecule is C1CC2CCCC2C2OC2C1. The second kappa shape index (κ2) is 2.22. The first kappa shape index (κ1) is 6.47. The molecule has 0 aromatic rings. The minimum Gasteiger partial charge on any atom is -0.369 e. The highest BCUT2D eigenvalue weighted by atomic mass is 16.6. The van der Waals surface area contributed by atoms with Gasteiger partial charge in [0.1, 0.15) is 0 Å². The van der Waals surface area contributed by atoms with E-state index in [0.29, 0.717) is 12.2 Å². The fraction of sp³-hybridized carbons (Fsp3) is 1.00. The van der Waals surface area contributed by atoms with Crippen LogP contribution in [-0.2, 0) is 4.74 Å². The molecule has 0 amide bonds. The molecule has 3 rings (SSSR count). The van der Waals surface area contributed by atoms with Gasteiger partial charge < -0.3 is 4.74 Å². The van der Waals surface area contributed by atoms with Crippen molar-refractivity contribution >= 4 is 0 Å². The third kappa shape index (κ3) is 0.936. The van der Waals surface area contributed by atoms with Gasteiger partial charge in [-0.25, -0.2) is 0 Å². The van der Waals surface area contributed by atoms with E-state index >= 15 is 0 Å². The zero-order valence-electron chi connectivity index (χ0n) is 6.96. The van der Waals surface area contributed by atoms with Gasteiger partial charge in [0, 0.05) is 0 Å². The number of rotatable bonds is 0. The van der Waals surface area contributed by atoms with E-state index in [4.69, 9.17) is 4.74 Å². The topological polar surface area (TPSA) is 12.5 Å². The Balaban J connectivity index is 1.80. The van der Waals surface area contributed by atoms with E-state index in [1.165, 1.54) is 38.5 Å². The van der Waals surface area contributed by atoms with Crippen LogP contribution in [0, 0.1) is 11.8 Å². The smallest absolute Gasteiger partial charge is 0.0872 e. The van der Waals surface area contributed by atoms with Crippen molar-refractivity contribution in [3.63, 3.8) is 0 Å². The van der Waals surface area contributed by atoms with Crippen molar-refractivity contribution in [3.8, 4) is 0 Å². The maximum Gasteiger partial charge on any atom is 0.0872 e. The largest absolute Gasteiger partial charge is 0.369 e. The third-order valence-corrected chi connectivity index (χ3v) is 3.83. The summed E-state index contributed by atoms with van der Waals surface area (Å²) in [5.74, 6) is 2.02. The molecule has 2 saturated carbocycles. The van der Waals surface area contributed by atoms with E-state index < -0.39 is 0 Å². The van der Waals surface area contributed by atoms with Crippen molar-refractivity contribution in [1.29, 1.82) is 0 Å². The molecule has 0 bridgehead atoms. The molecule has 11 heavy (non-hydrogen) atoms. The molecule has 1 nitrogen and oxygen atoms in total. The predicted molar refractivity (Wildman–Crippen MR) is 43.3 cm³/mol. The van der Waals surface area contributed by atoms with Gasteiger partial charge in [0.05, 0.1) is 12.2 Å². The Kier molecular flexibility index (Phi) is 1.31. The maximum atomic E-state index is 5.67. The number of hydrogen-bond acceptors (Lipinski definition) is 1. The van der Waals surface area contributed by atoms with Gasteiger partial charge in [-0.15, -0.1) is 0 Å². The number of fused-ring (bicyclic) bond motifs is 3. The summed E-state index contributed by atoms with van der Waals surface area (Å²) in [7, 11) is 0. The highest BCUT2D eigenvalue weighted by Crippen LogP contribution is 2.49. The first-order chi connectivity index (χ1) is 5.45. The molecule has 4 unspecified atom stereocenters. The highest BCUT2D eigenvalue weighted by molar-refractivity contribution is 4.98. The molecule has 0 N–H and O–H groups in total. The van der Waals surface area contributed by atoms with E-state index in [9.17, 15) is 0 Å². The van der Waals surface area contributed by atoms with Gasteiger partial charge in [0.2, 0.25) is 0 Å². The second-order valence-corrected chi connectivity index (χ2v) is 4.42. The lowest BCUT2D eigenvalue weighted by Gasteiger charge is -2.14. The molecule has 62 valence electrons. The second-order valence-electron chi connectivity index (χ2n) is 4.42. The normalized spacial score (nSPS) is 54.5. The minimum atomic E-state index is 0.697. The lowest BCUT2D eigenvalue weighted by atomic mass is 9.91. The Bertz CT molecular complexity index is 166. The van der Waals surface area contributed by atoms with Gasteiger partial charge in [-0.2, -0.15) is 0 Å². The summed E-state index contributed by atoms with van der Waals surface area (Å²) >= 11 is 0. The molecule has 0 aromatic heterocycles. The Morgan fingerprint density at radius 2 is 1.73 bits per heavy atom. The average molecular weight is 152 g/mol. The summed E-state index contributed by atoms with van der Waals surface area (Å²) in [6, 6.07) is 0. The van der Waals surface area contributed by atoms with Crippen LogP contribution in [-0.4, -0.2) is 12.2 Å². The quantitative estimate of drug-likeness (QED) is 0.485. The Labute approximate surface area is 68.1 Å². The van der Waals surface area contributed by atoms with Crippen LogP contribution in [0.15, 0.2) is 0 Å². The lowest BCUT2D eigenvalue weighted by molar-refractivity contribution is 0.246. The van der Waals surface area contributed by atoms with Crippen molar-refractivity contribution in [1.82, 2.24) is 0 Å². The van der Waals surface area contributed by atoms with Gasteiger partial charge >= 0.3 is 0 Å². The summed E-state index contributed by atoms with van der Waals surface area (Å²) in [6.45, 7) is 0. The molecule has 3 fully saturated rings. The summed E-state index contributed by atoms with van der Waals surface area (Å²) in [5.41, 5.74) is 0. The first-order valence-electron chi connectivity index (χ1n) is 5.10. The molecule has 4 atom stereocenters. The summed E-state index contributed by atoms with van der Waals surface area (Å²) in [6.07, 6.45) is 10.1. The average Bonchev–Trinajstić information content (AvgIpc) is 2.65. The summed E-state index contributed by atoms with van der Waals surface area (Å²) < 4.78 is 5.67. The van der Waals surface area contributed by atoms with Crippen LogP contribution in [0.5, 0.6) is 0 Å². The van der Waals surface area contributed by atoms with Crippen LogP contribution < -0.4 is 0 Å². The van der Waals surface area contributed by atoms with Crippen molar-refractivity contribution in [2.45, 2.75) is 50.7 Å². The Hall–Kier alpha value is -0.0400. The van der Waals surface area contributed by atoms with Crippen LogP contribution in [0.1, 0.15) is 38.5 Å². The van der Waals surface area contributed by atoms with Gasteiger partial charge in [0.15, 0.2) is 0 Å². The van der Waals surface area contributed by atoms with E-state index in [0.717, 1.165) is 11.8 Å². The summed E-state index contributed by atoms with van der Waals surface area (Å²) in [5, 5.41) is 0. The van der Waals surface area contributed by atoms with E-state index in [1.54, 1.807) is 0 Å². The zero-order chi connectivity index (χ0) is 7.26. The minimum absolute atomic E-state index is 0.697. The van der Waals surface area contributed by atoms with Crippen LogP contribution in [0.4, 0.5) is 0 Å². The molecule has 2 aliphatic carbocycles. The van der Waals surface area contributed by atoms with Gasteiger partial charge in [-0.05, 0) is 31.1 Å². The van der Waals surface area contributed by atoms with Gasteiger partial charge in [-0.1, -0.05) is 19.3 Å². The van der Waals surface area contributed by atoms with E-state index in [2.05, 4.69) is 0 Å². The molecule has 1 heterocycles. The number of ether oxygens (including phenoxy) is 1. The van der Waals surface area contributed by atoms with Crippen molar-refractivity contribution in [2.24, 2.45) is 11.8 Å². The first-order valence-corrected chi connectivity index (χ1v) is 5.10. The van der Waals surface area contributed by atoms with Crippen molar-refractivity contribution < 1.29 is 4.74 Å². The van der Waals surface area contributed by atoms with Gasteiger partial charge in [-0.3, -0.25) is 0 Å². The monoisotopic (exact) mass is 152 g/mol. The lowest BCUT2D eigenvalue weighted by Crippen LogP contribution is -2.13. The molecule has 3 aliphatic rings. The number of epoxide rings is 1. The summed E-state index contributed by atoms with van der Waals surface area (Å²) in [4.78, 5) is 0. The molecule has 1 heteroatoms. The standard InChI is InChI=1S/C10H16O/c1-3-7-4-2-6-9-10(11-9)8(7)5-1/h7-10H,1-6H2. The van der Waals surface area contributed by atoms with Crippen LogP contribution in [0.25, 0.3) is 0 Å². The van der Waals surface area contributed by atoms with Crippen molar-refractivity contribution in [2.75, 3.05) is 0 Å². The zero-order valence-corrected chi connectivity index (χ0v) is 6.96. The molecule has 1 aliphatic heterocycles. The molecule has 0 radical (unpaired) electrons. The van der Waals surface area contributed by atoms with Crippen molar-refractivity contribution in [3.05, 3.63) is 0 Å². The predicted octanol–water partition coefficient (Wildman–Crippen LogP) is 2.35. The van der Waals surface area contributed by atoms with E-state index in [-0.39, 0.29) is 0 Å². The third-order valence-electron chi connectivity index (χ3n) is 3.83. The number of hydrogen-bond donors (Lipinski definition) is 0. The Morgan fingerprint density at radius 1 is 0.909 bits per heavy atom.